The Morgan fingerprint density at radius 2 is 1.82 bits per heavy atom. The summed E-state index contributed by atoms with van der Waals surface area (Å²) in [5.74, 6) is 1.28. The van der Waals surface area contributed by atoms with E-state index in [1.807, 2.05) is 12.3 Å². The van der Waals surface area contributed by atoms with E-state index in [2.05, 4.69) is 56.3 Å². The molecule has 3 aliphatic rings. The molecule has 1 aliphatic heterocycles. The number of benzene rings is 1. The Morgan fingerprint density at radius 3 is 2.49 bits per heavy atom. The number of nitrogens with one attached hydrogen (secondary N) is 1. The first-order chi connectivity index (χ1) is 19.0. The molecule has 2 amide bonds. The first-order valence-corrected chi connectivity index (χ1v) is 15.4. The number of carbonyl (C=O) groups is 2. The molecule has 1 aromatic carbocycles. The molecule has 7 heteroatoms. The molecule has 6 nitrogen and oxygen atoms in total. The summed E-state index contributed by atoms with van der Waals surface area (Å²) < 4.78 is 0. The van der Waals surface area contributed by atoms with Gasteiger partial charge in [0.15, 0.2) is 0 Å². The molecule has 6 rings (SSSR count). The van der Waals surface area contributed by atoms with Gasteiger partial charge in [-0.25, -0.2) is 4.98 Å². The van der Waals surface area contributed by atoms with E-state index in [1.54, 1.807) is 11.3 Å². The predicted molar refractivity (Wildman–Crippen MR) is 157 cm³/mol. The van der Waals surface area contributed by atoms with Gasteiger partial charge in [0, 0.05) is 42.7 Å². The molecular weight excluding hydrogens is 504 g/mol. The number of nitrogens with two attached hydrogens (primary N) is 1. The SMILES string of the molecule is NC1(c2ccc(-c3cnc(NC(=O)CC4CCC(N5CCCCC5=O)CC4)cc3-c3ccsc3)cc2)CCC1. The number of likely N-dealkylation sites (tertiary alicyclic amines) is 1. The molecule has 3 heterocycles. The molecule has 0 radical (unpaired) electrons. The largest absolute Gasteiger partial charge is 0.340 e. The highest BCUT2D eigenvalue weighted by atomic mass is 32.1. The molecule has 2 aliphatic carbocycles. The zero-order chi connectivity index (χ0) is 26.8. The molecule has 0 unspecified atom stereocenters. The number of hydrogen-bond donors (Lipinski definition) is 2. The van der Waals surface area contributed by atoms with Gasteiger partial charge in [-0.05, 0) is 109 Å². The number of nitrogens with zero attached hydrogens (tertiary/aromatic N) is 2. The number of amides is 2. The fraction of sp³-hybridized carbons (Fsp3) is 0.469. The number of aromatic nitrogens is 1. The van der Waals surface area contributed by atoms with Crippen LogP contribution in [0, 0.1) is 5.92 Å². The molecule has 3 aromatic rings. The molecule has 3 N–H and O–H groups in total. The van der Waals surface area contributed by atoms with Gasteiger partial charge in [-0.15, -0.1) is 0 Å². The number of pyridine rings is 1. The number of hydrogen-bond acceptors (Lipinski definition) is 5. The van der Waals surface area contributed by atoms with E-state index in [9.17, 15) is 9.59 Å². The fourth-order valence-electron chi connectivity index (χ4n) is 6.57. The number of rotatable bonds is 7. The highest BCUT2D eigenvalue weighted by Crippen LogP contribution is 2.40. The second-order valence-electron chi connectivity index (χ2n) is 11.7. The lowest BCUT2D eigenvalue weighted by molar-refractivity contribution is -0.136. The van der Waals surface area contributed by atoms with Crippen LogP contribution in [-0.4, -0.2) is 34.3 Å². The Kier molecular flexibility index (Phi) is 7.54. The van der Waals surface area contributed by atoms with Gasteiger partial charge in [0.25, 0.3) is 0 Å². The van der Waals surface area contributed by atoms with Crippen molar-refractivity contribution in [2.45, 2.75) is 82.2 Å². The van der Waals surface area contributed by atoms with Gasteiger partial charge in [-0.2, -0.15) is 11.3 Å². The van der Waals surface area contributed by atoms with Crippen LogP contribution in [0.15, 0.2) is 53.4 Å². The van der Waals surface area contributed by atoms with E-state index in [-0.39, 0.29) is 11.4 Å². The Labute approximate surface area is 235 Å². The average Bonchev–Trinajstić information content (AvgIpc) is 3.48. The van der Waals surface area contributed by atoms with Gasteiger partial charge in [0.2, 0.25) is 11.8 Å². The third kappa shape index (κ3) is 5.66. The van der Waals surface area contributed by atoms with Crippen molar-refractivity contribution in [3.8, 4) is 22.3 Å². The Morgan fingerprint density at radius 1 is 1.03 bits per heavy atom. The normalized spacial score (nSPS) is 22.8. The minimum absolute atomic E-state index is 0.0158. The number of carbonyl (C=O) groups excluding carboxylic acids is 2. The number of piperidine rings is 1. The summed E-state index contributed by atoms with van der Waals surface area (Å²) in [6.45, 7) is 0.903. The lowest BCUT2D eigenvalue weighted by Crippen LogP contribution is -2.45. The van der Waals surface area contributed by atoms with Crippen molar-refractivity contribution < 1.29 is 9.59 Å². The van der Waals surface area contributed by atoms with Crippen LogP contribution >= 0.6 is 11.3 Å². The van der Waals surface area contributed by atoms with Crippen molar-refractivity contribution in [2.75, 3.05) is 11.9 Å². The molecule has 2 saturated carbocycles. The molecule has 3 fully saturated rings. The van der Waals surface area contributed by atoms with Crippen molar-refractivity contribution >= 4 is 29.0 Å². The van der Waals surface area contributed by atoms with Crippen molar-refractivity contribution in [1.82, 2.24) is 9.88 Å². The Hall–Kier alpha value is -3.03. The first-order valence-electron chi connectivity index (χ1n) is 14.5. The van der Waals surface area contributed by atoms with Gasteiger partial charge < -0.3 is 16.0 Å². The van der Waals surface area contributed by atoms with Crippen molar-refractivity contribution in [3.63, 3.8) is 0 Å². The van der Waals surface area contributed by atoms with Crippen molar-refractivity contribution in [2.24, 2.45) is 11.7 Å². The highest BCUT2D eigenvalue weighted by Gasteiger charge is 2.34. The Bertz CT molecular complexity index is 1310. The molecule has 2 aromatic heterocycles. The van der Waals surface area contributed by atoms with E-state index in [1.165, 1.54) is 12.0 Å². The summed E-state index contributed by atoms with van der Waals surface area (Å²) in [6.07, 6.45) is 12.5. The maximum atomic E-state index is 13.0. The van der Waals surface area contributed by atoms with Crippen LogP contribution in [0.25, 0.3) is 22.3 Å². The fourth-order valence-corrected chi connectivity index (χ4v) is 7.22. The molecule has 204 valence electrons. The van der Waals surface area contributed by atoms with E-state index in [0.29, 0.717) is 36.5 Å². The second-order valence-corrected chi connectivity index (χ2v) is 12.5. The van der Waals surface area contributed by atoms with Crippen LogP contribution < -0.4 is 11.1 Å². The molecule has 0 spiro atoms. The summed E-state index contributed by atoms with van der Waals surface area (Å²) >= 11 is 1.66. The quantitative estimate of drug-likeness (QED) is 0.347. The van der Waals surface area contributed by atoms with Crippen LogP contribution in [-0.2, 0) is 15.1 Å². The van der Waals surface area contributed by atoms with E-state index < -0.39 is 0 Å². The Balaban J connectivity index is 1.12. The summed E-state index contributed by atoms with van der Waals surface area (Å²) in [4.78, 5) is 32.1. The van der Waals surface area contributed by atoms with Gasteiger partial charge in [0.1, 0.15) is 5.82 Å². The standard InChI is InChI=1S/C32H38N4O2S/c33-32(14-3-15-32)25-9-7-23(8-10-25)28-20-34-29(19-27(28)24-13-17-39-21-24)35-30(37)18-22-5-11-26(12-6-22)36-16-2-1-4-31(36)38/h7-10,13,17,19-22,26H,1-6,11-12,14-16,18,33H2,(H,34,35,37). The number of anilines is 1. The average molecular weight is 543 g/mol. The van der Waals surface area contributed by atoms with E-state index in [0.717, 1.165) is 80.2 Å². The van der Waals surface area contributed by atoms with Gasteiger partial charge >= 0.3 is 0 Å². The monoisotopic (exact) mass is 542 g/mol. The zero-order valence-corrected chi connectivity index (χ0v) is 23.3. The summed E-state index contributed by atoms with van der Waals surface area (Å²) in [7, 11) is 0. The summed E-state index contributed by atoms with van der Waals surface area (Å²) in [5, 5.41) is 7.27. The molecule has 39 heavy (non-hydrogen) atoms. The maximum absolute atomic E-state index is 13.0. The van der Waals surface area contributed by atoms with Crippen molar-refractivity contribution in [3.05, 3.63) is 58.9 Å². The third-order valence-electron chi connectivity index (χ3n) is 9.11. The predicted octanol–water partition coefficient (Wildman–Crippen LogP) is 6.71. The van der Waals surface area contributed by atoms with Crippen LogP contribution in [0.1, 0.15) is 76.2 Å². The topological polar surface area (TPSA) is 88.3 Å². The zero-order valence-electron chi connectivity index (χ0n) is 22.5. The lowest BCUT2D eigenvalue weighted by atomic mass is 9.72. The molecule has 1 saturated heterocycles. The van der Waals surface area contributed by atoms with Gasteiger partial charge in [-0.1, -0.05) is 24.3 Å². The molecular formula is C32H38N4O2S. The van der Waals surface area contributed by atoms with Crippen LogP contribution in [0.3, 0.4) is 0 Å². The second kappa shape index (κ2) is 11.2. The lowest BCUT2D eigenvalue weighted by Gasteiger charge is -2.38. The third-order valence-corrected chi connectivity index (χ3v) is 9.79. The maximum Gasteiger partial charge on any atom is 0.225 e. The highest BCUT2D eigenvalue weighted by molar-refractivity contribution is 7.08. The number of thiophene rings is 1. The molecule has 0 bridgehead atoms. The van der Waals surface area contributed by atoms with Crippen molar-refractivity contribution in [1.29, 1.82) is 0 Å². The van der Waals surface area contributed by atoms with Crippen LogP contribution in [0.2, 0.25) is 0 Å². The minimum Gasteiger partial charge on any atom is -0.340 e. The summed E-state index contributed by atoms with van der Waals surface area (Å²) in [6, 6.07) is 13.0. The van der Waals surface area contributed by atoms with Gasteiger partial charge in [0.05, 0.1) is 0 Å². The smallest absolute Gasteiger partial charge is 0.225 e. The molecule has 0 atom stereocenters. The minimum atomic E-state index is -0.175. The van der Waals surface area contributed by atoms with Crippen LogP contribution in [0.5, 0.6) is 0 Å². The van der Waals surface area contributed by atoms with E-state index >= 15 is 0 Å². The van der Waals surface area contributed by atoms with Crippen LogP contribution in [0.4, 0.5) is 5.82 Å². The van der Waals surface area contributed by atoms with Gasteiger partial charge in [-0.3, -0.25) is 9.59 Å². The first kappa shape index (κ1) is 26.2. The van der Waals surface area contributed by atoms with E-state index in [4.69, 9.17) is 5.73 Å². The summed E-state index contributed by atoms with van der Waals surface area (Å²) in [5.41, 5.74) is 11.9.